The van der Waals surface area contributed by atoms with E-state index >= 15 is 0 Å². The van der Waals surface area contributed by atoms with Crippen LogP contribution in [0.3, 0.4) is 0 Å². The lowest BCUT2D eigenvalue weighted by Gasteiger charge is -2.21. The summed E-state index contributed by atoms with van der Waals surface area (Å²) in [4.78, 5) is 24.6. The smallest absolute Gasteiger partial charge is 0.326 e. The van der Waals surface area contributed by atoms with E-state index in [2.05, 4.69) is 15.9 Å². The molecule has 2 rings (SSSR count). The molecule has 1 aromatic rings. The molecule has 1 heterocycles. The minimum atomic E-state index is -1.09. The molecule has 1 aliphatic rings. The fourth-order valence-corrected chi connectivity index (χ4v) is 2.54. The Morgan fingerprint density at radius 1 is 1.42 bits per heavy atom. The molecule has 2 atom stereocenters. The van der Waals surface area contributed by atoms with Gasteiger partial charge in [-0.15, -0.1) is 0 Å². The number of halogens is 1. The second kappa shape index (κ2) is 5.30. The van der Waals surface area contributed by atoms with Gasteiger partial charge in [-0.3, -0.25) is 4.79 Å². The first-order valence-electron chi connectivity index (χ1n) is 5.88. The number of benzene rings is 1. The second-order valence-corrected chi connectivity index (χ2v) is 5.52. The van der Waals surface area contributed by atoms with E-state index in [-0.39, 0.29) is 18.9 Å². The number of carbonyl (C=O) groups is 2. The highest BCUT2D eigenvalue weighted by Crippen LogP contribution is 2.23. The van der Waals surface area contributed by atoms with Crippen LogP contribution in [0.15, 0.2) is 22.7 Å². The summed E-state index contributed by atoms with van der Waals surface area (Å²) >= 11 is 3.34. The van der Waals surface area contributed by atoms with Crippen LogP contribution in [0.5, 0.6) is 0 Å². The van der Waals surface area contributed by atoms with Crippen LogP contribution >= 0.6 is 15.9 Å². The number of aliphatic carboxylic acids is 1. The van der Waals surface area contributed by atoms with E-state index in [0.29, 0.717) is 5.56 Å². The summed E-state index contributed by atoms with van der Waals surface area (Å²) in [6, 6.07) is 4.16. The maximum atomic E-state index is 12.3. The number of rotatable bonds is 2. The Morgan fingerprint density at radius 3 is 2.68 bits per heavy atom. The van der Waals surface area contributed by atoms with Crippen LogP contribution in [0, 0.1) is 6.92 Å². The minimum absolute atomic E-state index is 0.0568. The van der Waals surface area contributed by atoms with Gasteiger partial charge in [-0.2, -0.15) is 0 Å². The Bertz CT molecular complexity index is 531. The minimum Gasteiger partial charge on any atom is -0.480 e. The molecule has 5 nitrogen and oxygen atoms in total. The molecule has 19 heavy (non-hydrogen) atoms. The summed E-state index contributed by atoms with van der Waals surface area (Å²) in [7, 11) is 0. The number of β-amino-alcohol motifs (C(OH)–C–C–N with tert-alkyl or cyclic N) is 1. The number of aliphatic hydroxyl groups excluding tert-OH is 1. The number of amides is 1. The summed E-state index contributed by atoms with van der Waals surface area (Å²) in [5.74, 6) is -1.46. The molecule has 1 amide bonds. The highest BCUT2D eigenvalue weighted by molar-refractivity contribution is 9.10. The van der Waals surface area contributed by atoms with Crippen molar-refractivity contribution in [1.82, 2.24) is 4.90 Å². The van der Waals surface area contributed by atoms with Crippen molar-refractivity contribution in [2.75, 3.05) is 6.54 Å². The molecule has 1 aliphatic heterocycles. The quantitative estimate of drug-likeness (QED) is 0.861. The lowest BCUT2D eigenvalue weighted by Crippen LogP contribution is -2.40. The molecule has 1 fully saturated rings. The number of carbonyl (C=O) groups excluding carboxylic acids is 1. The van der Waals surface area contributed by atoms with Gasteiger partial charge >= 0.3 is 5.97 Å². The van der Waals surface area contributed by atoms with Crippen molar-refractivity contribution >= 4 is 27.8 Å². The van der Waals surface area contributed by atoms with Gasteiger partial charge < -0.3 is 15.1 Å². The molecule has 0 aromatic heterocycles. The zero-order valence-electron chi connectivity index (χ0n) is 10.3. The van der Waals surface area contributed by atoms with Crippen molar-refractivity contribution in [3.63, 3.8) is 0 Å². The molecule has 2 N–H and O–H groups in total. The Hall–Kier alpha value is -1.40. The monoisotopic (exact) mass is 327 g/mol. The largest absolute Gasteiger partial charge is 0.480 e. The van der Waals surface area contributed by atoms with E-state index < -0.39 is 18.1 Å². The predicted octanol–water partition coefficient (Wildman–Crippen LogP) is 1.42. The summed E-state index contributed by atoms with van der Waals surface area (Å²) in [5, 5.41) is 18.6. The maximum Gasteiger partial charge on any atom is 0.326 e. The van der Waals surface area contributed by atoms with Crippen molar-refractivity contribution < 1.29 is 19.8 Å². The van der Waals surface area contributed by atoms with Crippen molar-refractivity contribution in [3.05, 3.63) is 33.8 Å². The van der Waals surface area contributed by atoms with Crippen molar-refractivity contribution in [2.24, 2.45) is 0 Å². The first kappa shape index (κ1) is 14.0. The van der Waals surface area contributed by atoms with Gasteiger partial charge in [0, 0.05) is 23.0 Å². The standard InChI is InChI=1S/C13H14BrNO4/c1-7-2-3-8(4-10(7)14)12(17)15-6-9(16)5-11(15)13(18)19/h2-4,9,11,16H,5-6H2,1H3,(H,18,19)/t9-,11+/m1/s1. The molecule has 6 heteroatoms. The molecule has 0 spiro atoms. The molecule has 0 bridgehead atoms. The summed E-state index contributed by atoms with van der Waals surface area (Å²) in [5.41, 5.74) is 1.41. The number of hydrogen-bond acceptors (Lipinski definition) is 3. The van der Waals surface area contributed by atoms with Gasteiger partial charge in [-0.05, 0) is 24.6 Å². The van der Waals surface area contributed by atoms with Crippen LogP contribution in [-0.2, 0) is 4.79 Å². The van der Waals surface area contributed by atoms with Gasteiger partial charge in [0.15, 0.2) is 0 Å². The van der Waals surface area contributed by atoms with E-state index in [1.807, 2.05) is 6.92 Å². The Morgan fingerprint density at radius 2 is 2.11 bits per heavy atom. The molecule has 0 unspecified atom stereocenters. The molecule has 102 valence electrons. The molecular weight excluding hydrogens is 314 g/mol. The molecular formula is C13H14BrNO4. The fourth-order valence-electron chi connectivity index (χ4n) is 2.16. The van der Waals surface area contributed by atoms with Gasteiger partial charge in [0.25, 0.3) is 5.91 Å². The highest BCUT2D eigenvalue weighted by atomic mass is 79.9. The average molecular weight is 328 g/mol. The van der Waals surface area contributed by atoms with Crippen molar-refractivity contribution in [3.8, 4) is 0 Å². The Balaban J connectivity index is 2.27. The average Bonchev–Trinajstić information content (AvgIpc) is 2.74. The molecule has 0 saturated carbocycles. The SMILES string of the molecule is Cc1ccc(C(=O)N2C[C@H](O)C[C@H]2C(=O)O)cc1Br. The van der Waals surface area contributed by atoms with Crippen LogP contribution in [0.1, 0.15) is 22.3 Å². The van der Waals surface area contributed by atoms with E-state index in [4.69, 9.17) is 5.11 Å². The summed E-state index contributed by atoms with van der Waals surface area (Å²) < 4.78 is 0.796. The third-order valence-corrected chi connectivity index (χ3v) is 4.10. The second-order valence-electron chi connectivity index (χ2n) is 4.67. The number of carboxylic acid groups (broad SMARTS) is 1. The number of likely N-dealkylation sites (tertiary alicyclic amines) is 1. The molecule has 0 aliphatic carbocycles. The topological polar surface area (TPSA) is 77.8 Å². The number of carboxylic acids is 1. The van der Waals surface area contributed by atoms with Gasteiger partial charge in [0.05, 0.1) is 6.10 Å². The Labute approximate surface area is 119 Å². The van der Waals surface area contributed by atoms with Crippen LogP contribution in [0.25, 0.3) is 0 Å². The highest BCUT2D eigenvalue weighted by Gasteiger charge is 2.39. The van der Waals surface area contributed by atoms with Gasteiger partial charge in [-0.25, -0.2) is 4.79 Å². The third-order valence-electron chi connectivity index (χ3n) is 3.24. The Kier molecular flexibility index (Phi) is 3.91. The van der Waals surface area contributed by atoms with Gasteiger partial charge in [0.2, 0.25) is 0 Å². The number of nitrogens with zero attached hydrogens (tertiary/aromatic N) is 1. The van der Waals surface area contributed by atoms with E-state index in [0.717, 1.165) is 10.0 Å². The normalized spacial score (nSPS) is 22.6. The van der Waals surface area contributed by atoms with E-state index in [1.54, 1.807) is 18.2 Å². The number of aryl methyl sites for hydroxylation is 1. The summed E-state index contributed by atoms with van der Waals surface area (Å²) in [6.45, 7) is 1.96. The van der Waals surface area contributed by atoms with Crippen LogP contribution < -0.4 is 0 Å². The molecule has 1 aromatic carbocycles. The number of aliphatic hydroxyl groups is 1. The number of hydrogen-bond donors (Lipinski definition) is 2. The van der Waals surface area contributed by atoms with E-state index in [9.17, 15) is 14.7 Å². The van der Waals surface area contributed by atoms with Crippen molar-refractivity contribution in [2.45, 2.75) is 25.5 Å². The van der Waals surface area contributed by atoms with E-state index in [1.165, 1.54) is 4.90 Å². The first-order valence-corrected chi connectivity index (χ1v) is 6.67. The zero-order valence-corrected chi connectivity index (χ0v) is 11.9. The predicted molar refractivity (Wildman–Crippen MR) is 72.0 cm³/mol. The van der Waals surface area contributed by atoms with Crippen molar-refractivity contribution in [1.29, 1.82) is 0 Å². The van der Waals surface area contributed by atoms with Crippen LogP contribution in [0.4, 0.5) is 0 Å². The zero-order chi connectivity index (χ0) is 14.2. The van der Waals surface area contributed by atoms with Crippen LogP contribution in [-0.4, -0.2) is 45.7 Å². The van der Waals surface area contributed by atoms with Gasteiger partial charge in [-0.1, -0.05) is 22.0 Å². The lowest BCUT2D eigenvalue weighted by molar-refractivity contribution is -0.141. The summed E-state index contributed by atoms with van der Waals surface area (Å²) in [6.07, 6.45) is -0.701. The fraction of sp³-hybridized carbons (Fsp3) is 0.385. The maximum absolute atomic E-state index is 12.3. The van der Waals surface area contributed by atoms with Gasteiger partial charge in [0.1, 0.15) is 6.04 Å². The van der Waals surface area contributed by atoms with Crippen LogP contribution in [0.2, 0.25) is 0 Å². The molecule has 1 saturated heterocycles. The molecule has 0 radical (unpaired) electrons. The first-order chi connectivity index (χ1) is 8.90. The third kappa shape index (κ3) is 2.79. The lowest BCUT2D eigenvalue weighted by atomic mass is 10.1.